The van der Waals surface area contributed by atoms with Crippen LogP contribution in [0.3, 0.4) is 0 Å². The van der Waals surface area contributed by atoms with E-state index in [-0.39, 0.29) is 0 Å². The lowest BCUT2D eigenvalue weighted by Crippen LogP contribution is -2.32. The van der Waals surface area contributed by atoms with Gasteiger partial charge in [0, 0.05) is 16.3 Å². The predicted molar refractivity (Wildman–Crippen MR) is 107 cm³/mol. The summed E-state index contributed by atoms with van der Waals surface area (Å²) in [6, 6.07) is 8.22. The third-order valence-corrected chi connectivity index (χ3v) is 4.11. The van der Waals surface area contributed by atoms with Crippen molar-refractivity contribution in [2.75, 3.05) is 26.6 Å². The number of hydrogen-bond acceptors (Lipinski definition) is 6. The van der Waals surface area contributed by atoms with E-state index < -0.39 is 11.8 Å². The average Bonchev–Trinajstić information content (AvgIpc) is 2.69. The molecule has 0 atom stereocenters. The zero-order valence-electron chi connectivity index (χ0n) is 15.8. The summed E-state index contributed by atoms with van der Waals surface area (Å²) in [6.07, 6.45) is 1.35. The van der Waals surface area contributed by atoms with Crippen LogP contribution in [0.1, 0.15) is 11.1 Å². The van der Waals surface area contributed by atoms with Gasteiger partial charge in [-0.05, 0) is 36.8 Å². The van der Waals surface area contributed by atoms with Crippen LogP contribution in [0.25, 0.3) is 0 Å². The number of anilines is 1. The fourth-order valence-corrected chi connectivity index (χ4v) is 2.43. The highest BCUT2D eigenvalue weighted by Crippen LogP contribution is 2.37. The van der Waals surface area contributed by atoms with Crippen LogP contribution in [-0.2, 0) is 9.59 Å². The number of rotatable bonds is 6. The number of aryl methyl sites for hydroxylation is 1. The van der Waals surface area contributed by atoms with E-state index in [0.29, 0.717) is 33.5 Å². The fraction of sp³-hybridized carbons (Fsp3) is 0.211. The lowest BCUT2D eigenvalue weighted by Gasteiger charge is -2.12. The maximum atomic E-state index is 11.9. The maximum Gasteiger partial charge on any atom is 0.329 e. The Labute approximate surface area is 167 Å². The summed E-state index contributed by atoms with van der Waals surface area (Å²) in [5.41, 5.74) is 3.99. The number of carbonyl (C=O) groups is 2. The van der Waals surface area contributed by atoms with E-state index in [1.807, 2.05) is 6.92 Å². The first-order valence-electron chi connectivity index (χ1n) is 8.10. The quantitative estimate of drug-likeness (QED) is 0.437. The third kappa shape index (κ3) is 5.14. The molecule has 0 aliphatic rings. The second-order valence-electron chi connectivity index (χ2n) is 5.58. The lowest BCUT2D eigenvalue weighted by atomic mass is 10.2. The average molecular weight is 406 g/mol. The van der Waals surface area contributed by atoms with Crippen molar-refractivity contribution in [1.29, 1.82) is 0 Å². The van der Waals surface area contributed by atoms with Crippen molar-refractivity contribution in [1.82, 2.24) is 5.43 Å². The molecule has 0 heterocycles. The van der Waals surface area contributed by atoms with Gasteiger partial charge in [-0.1, -0.05) is 17.7 Å². The second-order valence-corrected chi connectivity index (χ2v) is 5.98. The molecule has 28 heavy (non-hydrogen) atoms. The molecule has 0 aliphatic carbocycles. The summed E-state index contributed by atoms with van der Waals surface area (Å²) < 4.78 is 15.7. The zero-order chi connectivity index (χ0) is 20.7. The van der Waals surface area contributed by atoms with Crippen LogP contribution in [0.4, 0.5) is 5.69 Å². The molecular weight excluding hydrogens is 386 g/mol. The number of hydrogen-bond donors (Lipinski definition) is 2. The number of amides is 2. The Bertz CT molecular complexity index is 889. The van der Waals surface area contributed by atoms with Crippen molar-refractivity contribution in [2.45, 2.75) is 6.92 Å². The van der Waals surface area contributed by atoms with Gasteiger partial charge < -0.3 is 19.5 Å². The number of halogens is 1. The van der Waals surface area contributed by atoms with Gasteiger partial charge in [0.25, 0.3) is 0 Å². The zero-order valence-corrected chi connectivity index (χ0v) is 16.6. The van der Waals surface area contributed by atoms with Crippen molar-refractivity contribution < 1.29 is 23.8 Å². The van der Waals surface area contributed by atoms with Crippen LogP contribution < -0.4 is 25.0 Å². The van der Waals surface area contributed by atoms with Crippen LogP contribution in [0, 0.1) is 6.92 Å². The van der Waals surface area contributed by atoms with E-state index in [4.69, 9.17) is 25.8 Å². The van der Waals surface area contributed by atoms with Crippen molar-refractivity contribution in [3.05, 3.63) is 46.5 Å². The minimum atomic E-state index is -0.930. The Morgan fingerprint density at radius 1 is 1.00 bits per heavy atom. The first kappa shape index (κ1) is 21.0. The minimum Gasteiger partial charge on any atom is -0.493 e. The highest BCUT2D eigenvalue weighted by molar-refractivity contribution is 6.39. The molecule has 0 saturated heterocycles. The summed E-state index contributed by atoms with van der Waals surface area (Å²) >= 11 is 5.99. The summed E-state index contributed by atoms with van der Waals surface area (Å²) in [7, 11) is 4.47. The van der Waals surface area contributed by atoms with Gasteiger partial charge in [-0.3, -0.25) is 9.59 Å². The lowest BCUT2D eigenvalue weighted by molar-refractivity contribution is -0.136. The third-order valence-electron chi connectivity index (χ3n) is 3.70. The minimum absolute atomic E-state index is 0.407. The molecular formula is C19H20ClN3O5. The van der Waals surface area contributed by atoms with E-state index in [2.05, 4.69) is 15.8 Å². The van der Waals surface area contributed by atoms with Gasteiger partial charge in [0.1, 0.15) is 0 Å². The Balaban J connectivity index is 2.04. The van der Waals surface area contributed by atoms with Crippen LogP contribution in [0.2, 0.25) is 5.02 Å². The number of benzene rings is 2. The molecule has 2 rings (SSSR count). The highest BCUT2D eigenvalue weighted by Gasteiger charge is 2.14. The summed E-state index contributed by atoms with van der Waals surface area (Å²) in [4.78, 5) is 23.8. The van der Waals surface area contributed by atoms with E-state index in [0.717, 1.165) is 5.56 Å². The summed E-state index contributed by atoms with van der Waals surface area (Å²) in [5, 5.41) is 6.71. The molecule has 0 aromatic heterocycles. The largest absolute Gasteiger partial charge is 0.493 e. The van der Waals surface area contributed by atoms with Crippen LogP contribution in [-0.4, -0.2) is 39.4 Å². The van der Waals surface area contributed by atoms with E-state index in [1.54, 1.807) is 30.3 Å². The molecule has 2 amide bonds. The molecule has 0 saturated carbocycles. The van der Waals surface area contributed by atoms with Crippen LogP contribution >= 0.6 is 11.6 Å². The van der Waals surface area contributed by atoms with Crippen LogP contribution in [0.5, 0.6) is 17.2 Å². The van der Waals surface area contributed by atoms with Gasteiger partial charge in [0.05, 0.1) is 27.5 Å². The first-order valence-corrected chi connectivity index (χ1v) is 8.48. The molecule has 0 bridgehead atoms. The second kappa shape index (κ2) is 9.61. The molecule has 2 N–H and O–H groups in total. The highest BCUT2D eigenvalue weighted by atomic mass is 35.5. The standard InChI is InChI=1S/C19H20ClN3O5/c1-11-5-6-13(9-14(11)20)22-18(24)19(25)23-21-10-12-7-15(26-2)17(28-4)16(8-12)27-3/h5-10H,1-4H3,(H,22,24)(H,23,25)/b21-10+. The topological polar surface area (TPSA) is 98.2 Å². The molecule has 0 fully saturated rings. The molecule has 148 valence electrons. The number of methoxy groups -OCH3 is 3. The van der Waals surface area contributed by atoms with E-state index in [9.17, 15) is 9.59 Å². The number of ether oxygens (including phenoxy) is 3. The van der Waals surface area contributed by atoms with Gasteiger partial charge in [0.2, 0.25) is 5.75 Å². The molecule has 2 aromatic carbocycles. The first-order chi connectivity index (χ1) is 13.4. The Morgan fingerprint density at radius 3 is 2.18 bits per heavy atom. The van der Waals surface area contributed by atoms with Gasteiger partial charge in [-0.15, -0.1) is 0 Å². The molecule has 2 aromatic rings. The SMILES string of the molecule is COc1cc(/C=N/NC(=O)C(=O)Nc2ccc(C)c(Cl)c2)cc(OC)c1OC. The number of nitrogens with one attached hydrogen (secondary N) is 2. The smallest absolute Gasteiger partial charge is 0.329 e. The maximum absolute atomic E-state index is 11.9. The fourth-order valence-electron chi connectivity index (χ4n) is 2.25. The van der Waals surface area contributed by atoms with Crippen LogP contribution in [0.15, 0.2) is 35.4 Å². The molecule has 9 heteroatoms. The Hall–Kier alpha value is -3.26. The van der Waals surface area contributed by atoms with Gasteiger partial charge in [-0.2, -0.15) is 5.10 Å². The molecule has 0 aliphatic heterocycles. The van der Waals surface area contributed by atoms with E-state index >= 15 is 0 Å². The monoisotopic (exact) mass is 405 g/mol. The van der Waals surface area contributed by atoms with Gasteiger partial charge in [0.15, 0.2) is 11.5 Å². The number of nitrogens with zero attached hydrogens (tertiary/aromatic N) is 1. The van der Waals surface area contributed by atoms with E-state index in [1.165, 1.54) is 27.5 Å². The number of carbonyl (C=O) groups excluding carboxylic acids is 2. The van der Waals surface area contributed by atoms with Crippen molar-refractivity contribution >= 4 is 35.3 Å². The van der Waals surface area contributed by atoms with Crippen molar-refractivity contribution in [3.8, 4) is 17.2 Å². The summed E-state index contributed by atoms with van der Waals surface area (Å²) in [5.74, 6) is -0.503. The van der Waals surface area contributed by atoms with Crippen molar-refractivity contribution in [2.24, 2.45) is 5.10 Å². The normalized spacial score (nSPS) is 10.5. The summed E-state index contributed by atoms with van der Waals surface area (Å²) in [6.45, 7) is 1.83. The molecule has 0 unspecified atom stereocenters. The predicted octanol–water partition coefficient (Wildman–Crippen LogP) is 2.76. The molecule has 0 radical (unpaired) electrons. The van der Waals surface area contributed by atoms with Gasteiger partial charge >= 0.3 is 11.8 Å². The Kier molecular flexibility index (Phi) is 7.22. The molecule has 0 spiro atoms. The van der Waals surface area contributed by atoms with Gasteiger partial charge in [-0.25, -0.2) is 5.43 Å². The molecule has 8 nitrogen and oxygen atoms in total. The van der Waals surface area contributed by atoms with Crippen molar-refractivity contribution in [3.63, 3.8) is 0 Å². The Morgan fingerprint density at radius 2 is 1.64 bits per heavy atom. The number of hydrazone groups is 1.